The molecule has 7 heteroatoms. The van der Waals surface area contributed by atoms with Gasteiger partial charge in [0.15, 0.2) is 0 Å². The summed E-state index contributed by atoms with van der Waals surface area (Å²) in [5, 5.41) is 4.78. The van der Waals surface area contributed by atoms with E-state index in [9.17, 15) is 14.4 Å². The van der Waals surface area contributed by atoms with Gasteiger partial charge in [0.25, 0.3) is 0 Å². The van der Waals surface area contributed by atoms with Gasteiger partial charge in [0.2, 0.25) is 17.7 Å². The summed E-state index contributed by atoms with van der Waals surface area (Å²) in [6.07, 6.45) is 0.771. The molecule has 2 heterocycles. The van der Waals surface area contributed by atoms with Crippen LogP contribution in [0.1, 0.15) is 43.2 Å². The second kappa shape index (κ2) is 9.89. The first-order valence-corrected chi connectivity index (χ1v) is 11.3. The number of hydrogen-bond acceptors (Lipinski definition) is 4. The molecule has 1 aliphatic rings. The van der Waals surface area contributed by atoms with Crippen molar-refractivity contribution in [2.45, 2.75) is 39.7 Å². The number of hydrogen-bond donors (Lipinski definition) is 1. The van der Waals surface area contributed by atoms with Crippen LogP contribution in [0.15, 0.2) is 41.8 Å². The number of carbonyl (C=O) groups is 3. The van der Waals surface area contributed by atoms with E-state index in [1.165, 1.54) is 0 Å². The van der Waals surface area contributed by atoms with Gasteiger partial charge in [-0.05, 0) is 50.8 Å². The Morgan fingerprint density at radius 2 is 1.87 bits per heavy atom. The van der Waals surface area contributed by atoms with Gasteiger partial charge in [0, 0.05) is 30.1 Å². The third-order valence-corrected chi connectivity index (χ3v) is 6.55. The Morgan fingerprint density at radius 3 is 2.47 bits per heavy atom. The largest absolute Gasteiger partial charge is 0.347 e. The monoisotopic (exact) mass is 427 g/mol. The van der Waals surface area contributed by atoms with Crippen molar-refractivity contribution in [1.29, 1.82) is 0 Å². The Morgan fingerprint density at radius 1 is 1.17 bits per heavy atom. The van der Waals surface area contributed by atoms with Crippen LogP contribution in [0.2, 0.25) is 0 Å². The van der Waals surface area contributed by atoms with E-state index in [1.807, 2.05) is 62.5 Å². The molecule has 6 nitrogen and oxygen atoms in total. The van der Waals surface area contributed by atoms with Crippen molar-refractivity contribution in [2.24, 2.45) is 5.92 Å². The zero-order valence-electron chi connectivity index (χ0n) is 17.8. The lowest BCUT2D eigenvalue weighted by molar-refractivity contribution is -0.135. The van der Waals surface area contributed by atoms with Gasteiger partial charge in [0.1, 0.15) is 0 Å². The van der Waals surface area contributed by atoms with Crippen LogP contribution in [0.5, 0.6) is 0 Å². The molecule has 3 amide bonds. The highest BCUT2D eigenvalue weighted by molar-refractivity contribution is 7.10. The average molecular weight is 428 g/mol. The molecule has 1 aromatic heterocycles. The summed E-state index contributed by atoms with van der Waals surface area (Å²) in [5.74, 6) is -0.672. The van der Waals surface area contributed by atoms with Gasteiger partial charge in [-0.15, -0.1) is 11.3 Å². The molecule has 2 atom stereocenters. The molecule has 0 spiro atoms. The Hall–Kier alpha value is -2.67. The summed E-state index contributed by atoms with van der Waals surface area (Å²) < 4.78 is 0. The molecule has 1 aliphatic heterocycles. The summed E-state index contributed by atoms with van der Waals surface area (Å²) >= 11 is 1.54. The van der Waals surface area contributed by atoms with E-state index in [2.05, 4.69) is 5.32 Å². The van der Waals surface area contributed by atoms with Crippen LogP contribution in [-0.4, -0.2) is 42.3 Å². The number of amides is 3. The maximum Gasteiger partial charge on any atom is 0.241 e. The zero-order chi connectivity index (χ0) is 21.7. The number of nitrogens with one attached hydrogen (secondary N) is 1. The van der Waals surface area contributed by atoms with Crippen LogP contribution < -0.4 is 10.2 Å². The average Bonchev–Trinajstić information content (AvgIpc) is 3.28. The molecule has 0 saturated carbocycles. The Bertz CT molecular complexity index is 876. The molecule has 2 unspecified atom stereocenters. The topological polar surface area (TPSA) is 69.7 Å². The lowest BCUT2D eigenvalue weighted by Gasteiger charge is -2.40. The normalized spacial score (nSPS) is 18.9. The number of likely N-dealkylation sites (N-methyl/N-ethyl adjacent to an activating group) is 1. The number of thiophene rings is 1. The van der Waals surface area contributed by atoms with Gasteiger partial charge < -0.3 is 15.1 Å². The van der Waals surface area contributed by atoms with E-state index < -0.39 is 5.92 Å². The molecule has 2 aromatic rings. The van der Waals surface area contributed by atoms with Crippen LogP contribution >= 0.6 is 11.3 Å². The number of aryl methyl sites for hydroxylation is 1. The zero-order valence-corrected chi connectivity index (χ0v) is 18.6. The number of benzene rings is 1. The fourth-order valence-corrected chi connectivity index (χ4v) is 4.82. The molecule has 0 radical (unpaired) electrons. The summed E-state index contributed by atoms with van der Waals surface area (Å²) in [6, 6.07) is 11.3. The summed E-state index contributed by atoms with van der Waals surface area (Å²) in [4.78, 5) is 42.8. The van der Waals surface area contributed by atoms with Crippen molar-refractivity contribution in [3.05, 3.63) is 52.2 Å². The summed E-state index contributed by atoms with van der Waals surface area (Å²) in [5.41, 5.74) is 1.90. The second-order valence-electron chi connectivity index (χ2n) is 7.49. The maximum absolute atomic E-state index is 13.1. The van der Waals surface area contributed by atoms with Gasteiger partial charge >= 0.3 is 0 Å². The molecular formula is C23H29N3O3S. The van der Waals surface area contributed by atoms with Crippen LogP contribution in [0.4, 0.5) is 5.69 Å². The molecule has 160 valence electrons. The van der Waals surface area contributed by atoms with Crippen LogP contribution in [0.25, 0.3) is 0 Å². The molecule has 1 aromatic carbocycles. The van der Waals surface area contributed by atoms with E-state index in [1.54, 1.807) is 21.1 Å². The first kappa shape index (κ1) is 22.0. The number of rotatable bonds is 7. The predicted octanol–water partition coefficient (Wildman–Crippen LogP) is 3.53. The second-order valence-corrected chi connectivity index (χ2v) is 8.47. The minimum Gasteiger partial charge on any atom is -0.347 e. The highest BCUT2D eigenvalue weighted by atomic mass is 32.1. The van der Waals surface area contributed by atoms with Crippen LogP contribution in [0.3, 0.4) is 0 Å². The fourth-order valence-electron chi connectivity index (χ4n) is 3.94. The Labute approximate surface area is 181 Å². The fraction of sp³-hybridized carbons (Fsp3) is 0.435. The predicted molar refractivity (Wildman–Crippen MR) is 119 cm³/mol. The molecule has 0 bridgehead atoms. The molecule has 30 heavy (non-hydrogen) atoms. The van der Waals surface area contributed by atoms with Gasteiger partial charge in [-0.1, -0.05) is 23.8 Å². The molecule has 1 N–H and O–H groups in total. The minimum atomic E-state index is -0.410. The highest BCUT2D eigenvalue weighted by Crippen LogP contribution is 2.41. The molecule has 1 fully saturated rings. The van der Waals surface area contributed by atoms with Crippen LogP contribution in [0, 0.1) is 12.8 Å². The standard InChI is InChI=1S/C23H29N3O3S/c1-4-25(5-2)21(28)15-24-23(29)18-12-13-20(27)26(17-10-8-16(3)9-11-17)22(18)19-7-6-14-30-19/h6-11,14,18,22H,4-5,12-13,15H2,1-3H3,(H,24,29). The van der Waals surface area contributed by atoms with E-state index in [4.69, 9.17) is 0 Å². The number of piperidine rings is 1. The van der Waals surface area contributed by atoms with Crippen LogP contribution in [-0.2, 0) is 14.4 Å². The number of carbonyl (C=O) groups excluding carboxylic acids is 3. The van der Waals surface area contributed by atoms with Crippen molar-refractivity contribution in [2.75, 3.05) is 24.5 Å². The SMILES string of the molecule is CCN(CC)C(=O)CNC(=O)C1CCC(=O)N(c2ccc(C)cc2)C1c1cccs1. The van der Waals surface area contributed by atoms with E-state index in [-0.39, 0.29) is 30.3 Å². The maximum atomic E-state index is 13.1. The van der Waals surface area contributed by atoms with E-state index in [0.717, 1.165) is 16.1 Å². The molecule has 3 rings (SSSR count). The van der Waals surface area contributed by atoms with E-state index >= 15 is 0 Å². The number of nitrogens with zero attached hydrogens (tertiary/aromatic N) is 2. The van der Waals surface area contributed by atoms with Crippen molar-refractivity contribution in [3.8, 4) is 0 Å². The first-order valence-electron chi connectivity index (χ1n) is 10.4. The van der Waals surface area contributed by atoms with Gasteiger partial charge in [-0.2, -0.15) is 0 Å². The lowest BCUT2D eigenvalue weighted by atomic mass is 9.86. The van der Waals surface area contributed by atoms with Gasteiger partial charge in [0.05, 0.1) is 18.5 Å². The lowest BCUT2D eigenvalue weighted by Crippen LogP contribution is -2.49. The first-order chi connectivity index (χ1) is 14.5. The number of anilines is 1. The molecular weight excluding hydrogens is 398 g/mol. The Balaban J connectivity index is 1.85. The van der Waals surface area contributed by atoms with Gasteiger partial charge in [-0.25, -0.2) is 0 Å². The van der Waals surface area contributed by atoms with Crippen molar-refractivity contribution in [3.63, 3.8) is 0 Å². The third kappa shape index (κ3) is 4.73. The smallest absolute Gasteiger partial charge is 0.241 e. The van der Waals surface area contributed by atoms with Crippen molar-refractivity contribution in [1.82, 2.24) is 10.2 Å². The quantitative estimate of drug-likeness (QED) is 0.735. The summed E-state index contributed by atoms with van der Waals surface area (Å²) in [6.45, 7) is 7.04. The molecule has 0 aliphatic carbocycles. The van der Waals surface area contributed by atoms with Gasteiger partial charge in [-0.3, -0.25) is 14.4 Å². The summed E-state index contributed by atoms with van der Waals surface area (Å²) in [7, 11) is 0. The molecule has 1 saturated heterocycles. The third-order valence-electron chi connectivity index (χ3n) is 5.61. The highest BCUT2D eigenvalue weighted by Gasteiger charge is 2.42. The van der Waals surface area contributed by atoms with Crippen molar-refractivity contribution < 1.29 is 14.4 Å². The minimum absolute atomic E-state index is 0.0144. The van der Waals surface area contributed by atoms with E-state index in [0.29, 0.717) is 25.9 Å². The van der Waals surface area contributed by atoms with Crippen molar-refractivity contribution >= 4 is 34.7 Å². The Kier molecular flexibility index (Phi) is 7.26.